The van der Waals surface area contributed by atoms with E-state index in [4.69, 9.17) is 25.2 Å². The summed E-state index contributed by atoms with van der Waals surface area (Å²) in [6.07, 6.45) is 1.64. The second-order valence-electron chi connectivity index (χ2n) is 7.42. The van der Waals surface area contributed by atoms with E-state index in [9.17, 15) is 9.59 Å². The predicted molar refractivity (Wildman–Crippen MR) is 121 cm³/mol. The van der Waals surface area contributed by atoms with Crippen molar-refractivity contribution in [3.63, 3.8) is 0 Å². The zero-order valence-corrected chi connectivity index (χ0v) is 18.3. The average Bonchev–Trinajstić information content (AvgIpc) is 3.17. The van der Waals surface area contributed by atoms with Crippen molar-refractivity contribution in [3.8, 4) is 11.1 Å². The molecule has 0 saturated carbocycles. The molecule has 160 valence electrons. The number of ether oxygens (including phenoxy) is 1. The lowest BCUT2D eigenvalue weighted by atomic mass is 9.97. The SMILES string of the molecule is COCCNC(=O)Cc1c(C)c2cc3c(-c4ccc(Cl)cc4)coc3c(C)c2oc1=O. The van der Waals surface area contributed by atoms with Gasteiger partial charge in [-0.1, -0.05) is 23.7 Å². The van der Waals surface area contributed by atoms with E-state index in [1.165, 1.54) is 0 Å². The average molecular weight is 440 g/mol. The first kappa shape index (κ1) is 21.2. The molecule has 2 heterocycles. The molecule has 0 unspecified atom stereocenters. The fraction of sp³-hybridized carbons (Fsp3) is 0.250. The molecule has 0 bridgehead atoms. The minimum absolute atomic E-state index is 0.0552. The van der Waals surface area contributed by atoms with Crippen molar-refractivity contribution in [2.24, 2.45) is 0 Å². The van der Waals surface area contributed by atoms with Gasteiger partial charge in [-0.15, -0.1) is 0 Å². The monoisotopic (exact) mass is 439 g/mol. The summed E-state index contributed by atoms with van der Waals surface area (Å²) in [6, 6.07) is 9.47. The van der Waals surface area contributed by atoms with Gasteiger partial charge in [0.05, 0.1) is 24.9 Å². The van der Waals surface area contributed by atoms with E-state index < -0.39 is 5.63 Å². The highest BCUT2D eigenvalue weighted by Gasteiger charge is 2.20. The lowest BCUT2D eigenvalue weighted by Gasteiger charge is -2.10. The van der Waals surface area contributed by atoms with Gasteiger partial charge in [-0.2, -0.15) is 0 Å². The van der Waals surface area contributed by atoms with Crippen LogP contribution in [0.2, 0.25) is 5.02 Å². The Labute approximate surface area is 183 Å². The van der Waals surface area contributed by atoms with Gasteiger partial charge in [0.15, 0.2) is 0 Å². The molecule has 7 heteroatoms. The molecule has 0 aliphatic heterocycles. The van der Waals surface area contributed by atoms with Crippen molar-refractivity contribution in [1.82, 2.24) is 5.32 Å². The first-order chi connectivity index (χ1) is 14.9. The van der Waals surface area contributed by atoms with Gasteiger partial charge in [0.25, 0.3) is 0 Å². The van der Waals surface area contributed by atoms with Crippen LogP contribution < -0.4 is 10.9 Å². The molecule has 4 rings (SSSR count). The Bertz CT molecular complexity index is 1330. The fourth-order valence-electron chi connectivity index (χ4n) is 3.77. The summed E-state index contributed by atoms with van der Waals surface area (Å²) in [5, 5.41) is 5.07. The van der Waals surface area contributed by atoms with Crippen molar-refractivity contribution >= 4 is 39.4 Å². The van der Waals surface area contributed by atoms with Gasteiger partial charge >= 0.3 is 5.63 Å². The van der Waals surface area contributed by atoms with Crippen LogP contribution in [0.4, 0.5) is 0 Å². The molecule has 0 atom stereocenters. The smallest absolute Gasteiger partial charge is 0.340 e. The molecule has 0 aliphatic carbocycles. The number of benzene rings is 2. The molecule has 0 fully saturated rings. The van der Waals surface area contributed by atoms with Gasteiger partial charge in [0, 0.05) is 40.6 Å². The minimum atomic E-state index is -0.515. The third kappa shape index (κ3) is 3.96. The summed E-state index contributed by atoms with van der Waals surface area (Å²) in [6.45, 7) is 4.48. The summed E-state index contributed by atoms with van der Waals surface area (Å²) in [5.41, 5.74) is 4.30. The number of furan rings is 1. The number of aryl methyl sites for hydroxylation is 2. The van der Waals surface area contributed by atoms with Crippen LogP contribution in [0.15, 0.2) is 50.2 Å². The Morgan fingerprint density at radius 3 is 2.55 bits per heavy atom. The Balaban J connectivity index is 1.84. The third-order valence-corrected chi connectivity index (χ3v) is 5.71. The molecular weight excluding hydrogens is 418 g/mol. The summed E-state index contributed by atoms with van der Waals surface area (Å²) in [5.74, 6) is -0.255. The standard InChI is InChI=1S/C24H22ClNO5/c1-13-17-10-19-20(15-4-6-16(25)7-5-15)12-30-22(19)14(2)23(17)31-24(28)18(13)11-21(27)26-8-9-29-3/h4-7,10,12H,8-9,11H2,1-3H3,(H,26,27). The van der Waals surface area contributed by atoms with Crippen LogP contribution >= 0.6 is 11.6 Å². The number of rotatable bonds is 6. The molecule has 2 aromatic carbocycles. The maximum atomic E-state index is 12.7. The predicted octanol–water partition coefficient (Wildman–Crippen LogP) is 4.78. The number of hydrogen-bond donors (Lipinski definition) is 1. The van der Waals surface area contributed by atoms with E-state index in [2.05, 4.69) is 5.32 Å². The molecule has 2 aromatic heterocycles. The number of carbonyl (C=O) groups is 1. The molecule has 1 amide bonds. The van der Waals surface area contributed by atoms with Crippen LogP contribution in [-0.2, 0) is 16.0 Å². The van der Waals surface area contributed by atoms with Crippen molar-refractivity contribution in [1.29, 1.82) is 0 Å². The van der Waals surface area contributed by atoms with Gasteiger partial charge in [0.1, 0.15) is 11.2 Å². The number of halogens is 1. The number of hydrogen-bond acceptors (Lipinski definition) is 5. The van der Waals surface area contributed by atoms with E-state index >= 15 is 0 Å². The van der Waals surface area contributed by atoms with Crippen molar-refractivity contribution in [3.05, 3.63) is 68.7 Å². The van der Waals surface area contributed by atoms with Gasteiger partial charge in [-0.05, 0) is 43.2 Å². The molecule has 0 aliphatic rings. The minimum Gasteiger partial charge on any atom is -0.463 e. The number of methoxy groups -OCH3 is 1. The summed E-state index contributed by atoms with van der Waals surface area (Å²) in [4.78, 5) is 24.9. The lowest BCUT2D eigenvalue weighted by molar-refractivity contribution is -0.120. The quantitative estimate of drug-likeness (QED) is 0.345. The summed E-state index contributed by atoms with van der Waals surface area (Å²) >= 11 is 6.02. The Hall–Kier alpha value is -3.09. The second kappa shape index (κ2) is 8.57. The number of fused-ring (bicyclic) bond motifs is 2. The normalized spacial score (nSPS) is 11.4. The van der Waals surface area contributed by atoms with Crippen molar-refractivity contribution in [2.75, 3.05) is 20.3 Å². The maximum Gasteiger partial charge on any atom is 0.340 e. The molecular formula is C24H22ClNO5. The van der Waals surface area contributed by atoms with Crippen LogP contribution in [0.1, 0.15) is 16.7 Å². The Morgan fingerprint density at radius 2 is 1.84 bits per heavy atom. The topological polar surface area (TPSA) is 81.7 Å². The molecule has 0 saturated heterocycles. The molecule has 0 spiro atoms. The molecule has 31 heavy (non-hydrogen) atoms. The molecule has 4 aromatic rings. The Kier molecular flexibility index (Phi) is 5.85. The van der Waals surface area contributed by atoms with E-state index in [1.807, 2.05) is 44.2 Å². The van der Waals surface area contributed by atoms with Crippen LogP contribution in [0.25, 0.3) is 33.1 Å². The molecule has 6 nitrogen and oxygen atoms in total. The van der Waals surface area contributed by atoms with Crippen molar-refractivity contribution < 1.29 is 18.4 Å². The van der Waals surface area contributed by atoms with E-state index in [-0.39, 0.29) is 12.3 Å². The number of nitrogens with one attached hydrogen (secondary N) is 1. The number of carbonyl (C=O) groups excluding carboxylic acids is 1. The second-order valence-corrected chi connectivity index (χ2v) is 7.86. The van der Waals surface area contributed by atoms with Gasteiger partial charge in [-0.3, -0.25) is 4.79 Å². The van der Waals surface area contributed by atoms with E-state index in [1.54, 1.807) is 13.4 Å². The fourth-order valence-corrected chi connectivity index (χ4v) is 3.90. The largest absolute Gasteiger partial charge is 0.463 e. The van der Waals surface area contributed by atoms with Crippen molar-refractivity contribution in [2.45, 2.75) is 20.3 Å². The highest BCUT2D eigenvalue weighted by Crippen LogP contribution is 2.37. The zero-order valence-electron chi connectivity index (χ0n) is 17.5. The summed E-state index contributed by atoms with van der Waals surface area (Å²) < 4.78 is 16.4. The maximum absolute atomic E-state index is 12.7. The van der Waals surface area contributed by atoms with Gasteiger partial charge in [0.2, 0.25) is 5.91 Å². The van der Waals surface area contributed by atoms with Crippen LogP contribution in [0, 0.1) is 13.8 Å². The Morgan fingerprint density at radius 1 is 1.10 bits per heavy atom. The lowest BCUT2D eigenvalue weighted by Crippen LogP contribution is -2.30. The van der Waals surface area contributed by atoms with Crippen LogP contribution in [0.5, 0.6) is 0 Å². The first-order valence-corrected chi connectivity index (χ1v) is 10.3. The van der Waals surface area contributed by atoms with Crippen LogP contribution in [0.3, 0.4) is 0 Å². The van der Waals surface area contributed by atoms with Gasteiger partial charge < -0.3 is 18.9 Å². The van der Waals surface area contributed by atoms with E-state index in [0.717, 1.165) is 33.0 Å². The zero-order chi connectivity index (χ0) is 22.1. The first-order valence-electron chi connectivity index (χ1n) is 9.89. The third-order valence-electron chi connectivity index (χ3n) is 5.46. The van der Waals surface area contributed by atoms with Gasteiger partial charge in [-0.25, -0.2) is 4.79 Å². The molecule has 1 N–H and O–H groups in total. The van der Waals surface area contributed by atoms with Crippen LogP contribution in [-0.4, -0.2) is 26.2 Å². The summed E-state index contributed by atoms with van der Waals surface area (Å²) in [7, 11) is 1.56. The number of amides is 1. The molecule has 0 radical (unpaired) electrons. The van der Waals surface area contributed by atoms with E-state index in [0.29, 0.717) is 34.9 Å². The highest BCUT2D eigenvalue weighted by atomic mass is 35.5. The highest BCUT2D eigenvalue weighted by molar-refractivity contribution is 6.30.